The molecule has 76 valence electrons. The van der Waals surface area contributed by atoms with Gasteiger partial charge in [-0.25, -0.2) is 4.98 Å². The molecule has 0 radical (unpaired) electrons. The van der Waals surface area contributed by atoms with Gasteiger partial charge in [-0.2, -0.15) is 0 Å². The van der Waals surface area contributed by atoms with E-state index >= 15 is 0 Å². The van der Waals surface area contributed by atoms with Gasteiger partial charge >= 0.3 is 0 Å². The molecular weight excluding hydrogens is 182 g/mol. The van der Waals surface area contributed by atoms with Gasteiger partial charge in [0, 0.05) is 6.42 Å². The highest BCUT2D eigenvalue weighted by Gasteiger charge is 2.42. The van der Waals surface area contributed by atoms with Crippen molar-refractivity contribution in [3.05, 3.63) is 31.0 Å². The lowest BCUT2D eigenvalue weighted by atomic mass is 10.1. The molecule has 14 heavy (non-hydrogen) atoms. The number of hydrogen-bond donors (Lipinski definition) is 0. The number of nitrogens with zero attached hydrogens (tertiary/aromatic N) is 1. The highest BCUT2D eigenvalue weighted by Crippen LogP contribution is 2.34. The van der Waals surface area contributed by atoms with Gasteiger partial charge in [-0.1, -0.05) is 6.08 Å². The Morgan fingerprint density at radius 1 is 1.50 bits per heavy atom. The van der Waals surface area contributed by atoms with Crippen LogP contribution >= 0.6 is 0 Å². The van der Waals surface area contributed by atoms with Gasteiger partial charge in [0.1, 0.15) is 6.26 Å². The van der Waals surface area contributed by atoms with Crippen molar-refractivity contribution in [3.8, 4) is 0 Å². The zero-order valence-corrected chi connectivity index (χ0v) is 7.94. The molecule has 1 saturated heterocycles. The molecule has 1 aromatic rings. The molecule has 1 aliphatic rings. The third-order valence-electron chi connectivity index (χ3n) is 2.19. The van der Waals surface area contributed by atoms with Crippen LogP contribution < -0.4 is 0 Å². The second kappa shape index (κ2) is 3.94. The summed E-state index contributed by atoms with van der Waals surface area (Å²) in [6.07, 6.45) is 6.45. The molecular formula is C10H13NO3. The monoisotopic (exact) mass is 195 g/mol. The summed E-state index contributed by atoms with van der Waals surface area (Å²) in [5.74, 6) is -0.283. The van der Waals surface area contributed by atoms with E-state index in [-0.39, 0.29) is 0 Å². The highest BCUT2D eigenvalue weighted by molar-refractivity contribution is 4.95. The number of oxazole rings is 1. The molecule has 0 aliphatic carbocycles. The van der Waals surface area contributed by atoms with Crippen LogP contribution in [0.3, 0.4) is 0 Å². The van der Waals surface area contributed by atoms with Crippen molar-refractivity contribution in [3.63, 3.8) is 0 Å². The number of ether oxygens (including phenoxy) is 2. The fourth-order valence-electron chi connectivity index (χ4n) is 1.53. The topological polar surface area (TPSA) is 44.5 Å². The standard InChI is InChI=1S/C10H13NO3/c1-2-3-4-10(13-7-8-14-10)9-11-5-6-12-9/h2,5-6H,1,3-4,7-8H2. The van der Waals surface area contributed by atoms with Crippen LogP contribution in [0.1, 0.15) is 18.7 Å². The number of allylic oxidation sites excluding steroid dienone is 1. The van der Waals surface area contributed by atoms with E-state index < -0.39 is 5.79 Å². The Morgan fingerprint density at radius 2 is 2.29 bits per heavy atom. The van der Waals surface area contributed by atoms with E-state index in [1.54, 1.807) is 6.20 Å². The Labute approximate surface area is 82.5 Å². The van der Waals surface area contributed by atoms with Crippen molar-refractivity contribution in [1.82, 2.24) is 4.98 Å². The van der Waals surface area contributed by atoms with Gasteiger partial charge in [-0.05, 0) is 6.42 Å². The van der Waals surface area contributed by atoms with Gasteiger partial charge in [0.25, 0.3) is 5.89 Å². The predicted molar refractivity (Wildman–Crippen MR) is 49.5 cm³/mol. The second-order valence-electron chi connectivity index (χ2n) is 3.11. The van der Waals surface area contributed by atoms with Gasteiger partial charge in [0.05, 0.1) is 19.4 Å². The molecule has 1 aromatic heterocycles. The van der Waals surface area contributed by atoms with Crippen LogP contribution in [0.25, 0.3) is 0 Å². The number of hydrogen-bond acceptors (Lipinski definition) is 4. The summed E-state index contributed by atoms with van der Waals surface area (Å²) in [6.45, 7) is 4.84. The molecule has 0 bridgehead atoms. The van der Waals surface area contributed by atoms with E-state index in [2.05, 4.69) is 11.6 Å². The maximum absolute atomic E-state index is 5.56. The quantitative estimate of drug-likeness (QED) is 0.687. The summed E-state index contributed by atoms with van der Waals surface area (Å²) < 4.78 is 16.3. The second-order valence-corrected chi connectivity index (χ2v) is 3.11. The Balaban J connectivity index is 2.17. The smallest absolute Gasteiger partial charge is 0.255 e. The predicted octanol–water partition coefficient (Wildman–Crippen LogP) is 1.84. The molecule has 0 atom stereocenters. The first-order valence-electron chi connectivity index (χ1n) is 4.66. The first-order valence-corrected chi connectivity index (χ1v) is 4.66. The van der Waals surface area contributed by atoms with Gasteiger partial charge < -0.3 is 13.9 Å². The molecule has 4 heteroatoms. The Morgan fingerprint density at radius 3 is 2.86 bits per heavy atom. The molecule has 1 aliphatic heterocycles. The molecule has 0 saturated carbocycles. The third-order valence-corrected chi connectivity index (χ3v) is 2.19. The minimum Gasteiger partial charge on any atom is -0.444 e. The van der Waals surface area contributed by atoms with E-state index in [1.807, 2.05) is 6.08 Å². The summed E-state index contributed by atoms with van der Waals surface area (Å²) in [5.41, 5.74) is 0. The molecule has 0 unspecified atom stereocenters. The average Bonchev–Trinajstić information content (AvgIpc) is 2.86. The van der Waals surface area contributed by atoms with Crippen LogP contribution in [-0.2, 0) is 15.3 Å². The zero-order valence-electron chi connectivity index (χ0n) is 7.94. The Bertz CT molecular complexity index is 288. The maximum atomic E-state index is 5.56. The summed E-state index contributed by atoms with van der Waals surface area (Å²) in [5, 5.41) is 0. The molecule has 0 spiro atoms. The van der Waals surface area contributed by atoms with Crippen molar-refractivity contribution in [2.24, 2.45) is 0 Å². The molecule has 0 amide bonds. The normalized spacial score (nSPS) is 19.7. The van der Waals surface area contributed by atoms with E-state index in [0.29, 0.717) is 25.5 Å². The fourth-order valence-corrected chi connectivity index (χ4v) is 1.53. The van der Waals surface area contributed by atoms with Crippen molar-refractivity contribution in [2.45, 2.75) is 18.6 Å². The van der Waals surface area contributed by atoms with Crippen molar-refractivity contribution >= 4 is 0 Å². The summed E-state index contributed by atoms with van der Waals surface area (Å²) in [6, 6.07) is 0. The van der Waals surface area contributed by atoms with Gasteiger partial charge in [0.2, 0.25) is 5.79 Å². The largest absolute Gasteiger partial charge is 0.444 e. The molecule has 2 rings (SSSR count). The molecule has 4 nitrogen and oxygen atoms in total. The van der Waals surface area contributed by atoms with Crippen LogP contribution in [0.5, 0.6) is 0 Å². The minimum atomic E-state index is -0.780. The first-order chi connectivity index (χ1) is 6.87. The summed E-state index contributed by atoms with van der Waals surface area (Å²) in [7, 11) is 0. The molecule has 0 aromatic carbocycles. The van der Waals surface area contributed by atoms with E-state index in [9.17, 15) is 0 Å². The van der Waals surface area contributed by atoms with Crippen molar-refractivity contribution < 1.29 is 13.9 Å². The van der Waals surface area contributed by atoms with Crippen molar-refractivity contribution in [2.75, 3.05) is 13.2 Å². The minimum absolute atomic E-state index is 0.497. The average molecular weight is 195 g/mol. The van der Waals surface area contributed by atoms with Crippen LogP contribution in [0.4, 0.5) is 0 Å². The van der Waals surface area contributed by atoms with E-state index in [4.69, 9.17) is 13.9 Å². The van der Waals surface area contributed by atoms with E-state index in [1.165, 1.54) is 6.26 Å². The van der Waals surface area contributed by atoms with Crippen LogP contribution in [0, 0.1) is 0 Å². The van der Waals surface area contributed by atoms with Gasteiger partial charge in [-0.15, -0.1) is 6.58 Å². The Kier molecular flexibility index (Phi) is 2.65. The van der Waals surface area contributed by atoms with E-state index in [0.717, 1.165) is 6.42 Å². The highest BCUT2D eigenvalue weighted by atomic mass is 16.7. The first kappa shape index (κ1) is 9.43. The van der Waals surface area contributed by atoms with Crippen LogP contribution in [0.2, 0.25) is 0 Å². The lowest BCUT2D eigenvalue weighted by Crippen LogP contribution is -2.27. The van der Waals surface area contributed by atoms with Crippen LogP contribution in [-0.4, -0.2) is 18.2 Å². The molecule has 1 fully saturated rings. The van der Waals surface area contributed by atoms with Gasteiger partial charge in [-0.3, -0.25) is 0 Å². The third kappa shape index (κ3) is 1.58. The fraction of sp³-hybridized carbons (Fsp3) is 0.500. The molecule has 2 heterocycles. The SMILES string of the molecule is C=CCCC1(c2ncco2)OCCO1. The van der Waals surface area contributed by atoms with Crippen LogP contribution in [0.15, 0.2) is 29.5 Å². The number of rotatable bonds is 4. The summed E-state index contributed by atoms with van der Waals surface area (Å²) >= 11 is 0. The lowest BCUT2D eigenvalue weighted by Gasteiger charge is -2.22. The zero-order chi connectivity index (χ0) is 9.86. The maximum Gasteiger partial charge on any atom is 0.255 e. The Hall–Kier alpha value is -1.13. The van der Waals surface area contributed by atoms with Crippen molar-refractivity contribution in [1.29, 1.82) is 0 Å². The lowest BCUT2D eigenvalue weighted by molar-refractivity contribution is -0.186. The summed E-state index contributed by atoms with van der Waals surface area (Å²) in [4.78, 5) is 4.07. The van der Waals surface area contributed by atoms with Gasteiger partial charge in [0.15, 0.2) is 0 Å². The number of aromatic nitrogens is 1. The molecule has 0 N–H and O–H groups in total.